The van der Waals surface area contributed by atoms with Gasteiger partial charge in [0.25, 0.3) is 0 Å². The summed E-state index contributed by atoms with van der Waals surface area (Å²) in [5.41, 5.74) is 2.19. The highest BCUT2D eigenvalue weighted by Crippen LogP contribution is 2.18. The van der Waals surface area contributed by atoms with Crippen LogP contribution in [0.25, 0.3) is 0 Å². The summed E-state index contributed by atoms with van der Waals surface area (Å²) in [6, 6.07) is 16.1. The molecule has 0 aliphatic rings. The fourth-order valence-corrected chi connectivity index (χ4v) is 3.72. The molecule has 24 heavy (non-hydrogen) atoms. The minimum absolute atomic E-state index is 0.0421. The van der Waals surface area contributed by atoms with Gasteiger partial charge in [-0.25, -0.2) is 8.42 Å². The van der Waals surface area contributed by atoms with Gasteiger partial charge in [-0.05, 0) is 31.0 Å². The lowest BCUT2D eigenvalue weighted by Gasteiger charge is -2.17. The predicted molar refractivity (Wildman–Crippen MR) is 95.5 cm³/mol. The first-order valence-corrected chi connectivity index (χ1v) is 9.71. The molecular formula is C19H23NO3S. The van der Waals surface area contributed by atoms with Crippen molar-refractivity contribution in [3.8, 4) is 0 Å². The normalized spacial score (nSPS) is 12.6. The SMILES string of the molecule is CCC(NC(=O)CCS(=O)(=O)c1ccccc1)c1ccc(C)cc1. The highest BCUT2D eigenvalue weighted by atomic mass is 32.2. The van der Waals surface area contributed by atoms with E-state index in [1.165, 1.54) is 0 Å². The van der Waals surface area contributed by atoms with Crippen LogP contribution in [0.3, 0.4) is 0 Å². The molecule has 0 aliphatic carbocycles. The molecule has 1 N–H and O–H groups in total. The molecule has 128 valence electrons. The number of benzene rings is 2. The Hall–Kier alpha value is -2.14. The van der Waals surface area contributed by atoms with Gasteiger partial charge in [0.15, 0.2) is 9.84 Å². The molecule has 2 rings (SSSR count). The zero-order chi connectivity index (χ0) is 17.6. The Labute approximate surface area is 143 Å². The molecule has 4 nitrogen and oxygen atoms in total. The van der Waals surface area contributed by atoms with Gasteiger partial charge in [-0.1, -0.05) is 55.0 Å². The van der Waals surface area contributed by atoms with Crippen molar-refractivity contribution in [3.05, 3.63) is 65.7 Å². The third kappa shape index (κ3) is 4.93. The van der Waals surface area contributed by atoms with Crippen molar-refractivity contribution in [3.63, 3.8) is 0 Å². The van der Waals surface area contributed by atoms with Crippen molar-refractivity contribution < 1.29 is 13.2 Å². The topological polar surface area (TPSA) is 63.2 Å². The number of sulfone groups is 1. The number of carbonyl (C=O) groups is 1. The minimum Gasteiger partial charge on any atom is -0.349 e. The Morgan fingerprint density at radius 1 is 1.04 bits per heavy atom. The van der Waals surface area contributed by atoms with E-state index in [0.717, 1.165) is 17.5 Å². The van der Waals surface area contributed by atoms with Gasteiger partial charge in [-0.15, -0.1) is 0 Å². The largest absolute Gasteiger partial charge is 0.349 e. The van der Waals surface area contributed by atoms with Gasteiger partial charge in [0, 0.05) is 6.42 Å². The molecule has 0 saturated carbocycles. The average molecular weight is 345 g/mol. The van der Waals surface area contributed by atoms with Crippen LogP contribution in [0.1, 0.15) is 36.9 Å². The Morgan fingerprint density at radius 3 is 2.25 bits per heavy atom. The number of amides is 1. The summed E-state index contributed by atoms with van der Waals surface area (Å²) in [6.07, 6.45) is 0.708. The van der Waals surface area contributed by atoms with E-state index in [0.29, 0.717) is 0 Å². The maximum Gasteiger partial charge on any atom is 0.221 e. The van der Waals surface area contributed by atoms with Crippen molar-refractivity contribution in [1.82, 2.24) is 5.32 Å². The van der Waals surface area contributed by atoms with Gasteiger partial charge in [0.1, 0.15) is 0 Å². The second kappa shape index (κ2) is 8.11. The summed E-state index contributed by atoms with van der Waals surface area (Å²) < 4.78 is 24.4. The maximum atomic E-state index is 12.2. The lowest BCUT2D eigenvalue weighted by atomic mass is 10.0. The quantitative estimate of drug-likeness (QED) is 0.836. The molecule has 2 aromatic rings. The Kier molecular flexibility index (Phi) is 6.15. The predicted octanol–water partition coefficient (Wildman–Crippen LogP) is 3.43. The Morgan fingerprint density at radius 2 is 1.67 bits per heavy atom. The van der Waals surface area contributed by atoms with Gasteiger partial charge >= 0.3 is 0 Å². The van der Waals surface area contributed by atoms with Crippen LogP contribution in [-0.4, -0.2) is 20.1 Å². The van der Waals surface area contributed by atoms with Gasteiger partial charge in [0.2, 0.25) is 5.91 Å². The second-order valence-corrected chi connectivity index (χ2v) is 7.93. The number of hydrogen-bond acceptors (Lipinski definition) is 3. The molecule has 2 aromatic carbocycles. The van der Waals surface area contributed by atoms with Crippen LogP contribution in [0, 0.1) is 6.92 Å². The van der Waals surface area contributed by atoms with E-state index in [1.807, 2.05) is 38.1 Å². The summed E-state index contributed by atoms with van der Waals surface area (Å²) in [5.74, 6) is -0.436. The van der Waals surface area contributed by atoms with Gasteiger partial charge in [-0.2, -0.15) is 0 Å². The molecule has 1 amide bonds. The zero-order valence-electron chi connectivity index (χ0n) is 14.0. The second-order valence-electron chi connectivity index (χ2n) is 5.82. The Bertz CT molecular complexity index is 768. The van der Waals surface area contributed by atoms with Crippen LogP contribution in [0.15, 0.2) is 59.5 Å². The van der Waals surface area contributed by atoms with Crippen LogP contribution in [-0.2, 0) is 14.6 Å². The molecule has 0 bridgehead atoms. The molecule has 0 fully saturated rings. The van der Waals surface area contributed by atoms with Crippen LogP contribution in [0.2, 0.25) is 0 Å². The first-order valence-electron chi connectivity index (χ1n) is 8.06. The van der Waals surface area contributed by atoms with Crippen molar-refractivity contribution in [2.45, 2.75) is 37.6 Å². The molecule has 5 heteroatoms. The third-order valence-corrected chi connectivity index (χ3v) is 5.66. The fourth-order valence-electron chi connectivity index (χ4n) is 2.46. The highest BCUT2D eigenvalue weighted by Gasteiger charge is 2.18. The number of rotatable bonds is 7. The van der Waals surface area contributed by atoms with E-state index in [9.17, 15) is 13.2 Å². The van der Waals surface area contributed by atoms with Crippen molar-refractivity contribution in [2.24, 2.45) is 0 Å². The molecule has 1 atom stereocenters. The molecule has 0 saturated heterocycles. The van der Waals surface area contributed by atoms with Gasteiger partial charge in [-0.3, -0.25) is 4.79 Å². The van der Waals surface area contributed by atoms with Crippen LogP contribution in [0.4, 0.5) is 0 Å². The van der Waals surface area contributed by atoms with Crippen molar-refractivity contribution in [1.29, 1.82) is 0 Å². The molecule has 0 heterocycles. The smallest absolute Gasteiger partial charge is 0.221 e. The summed E-state index contributed by atoms with van der Waals surface area (Å²) in [6.45, 7) is 4.00. The van der Waals surface area contributed by atoms with E-state index >= 15 is 0 Å². The summed E-state index contributed by atoms with van der Waals surface area (Å²) in [5, 5.41) is 2.92. The van der Waals surface area contributed by atoms with Crippen molar-refractivity contribution >= 4 is 15.7 Å². The van der Waals surface area contributed by atoms with Gasteiger partial charge in [0.05, 0.1) is 16.7 Å². The van der Waals surface area contributed by atoms with E-state index in [4.69, 9.17) is 0 Å². The first kappa shape index (κ1) is 18.2. The molecule has 1 unspecified atom stereocenters. The summed E-state index contributed by atoms with van der Waals surface area (Å²) >= 11 is 0. The number of hydrogen-bond donors (Lipinski definition) is 1. The lowest BCUT2D eigenvalue weighted by Crippen LogP contribution is -2.29. The summed E-state index contributed by atoms with van der Waals surface area (Å²) in [4.78, 5) is 12.4. The summed E-state index contributed by atoms with van der Waals surface area (Å²) in [7, 11) is -3.43. The van der Waals surface area contributed by atoms with Crippen LogP contribution >= 0.6 is 0 Å². The number of aryl methyl sites for hydroxylation is 1. The monoisotopic (exact) mass is 345 g/mol. The van der Waals surface area contributed by atoms with E-state index in [2.05, 4.69) is 5.32 Å². The van der Waals surface area contributed by atoms with Crippen LogP contribution < -0.4 is 5.32 Å². The maximum absolute atomic E-state index is 12.2. The number of carbonyl (C=O) groups excluding carboxylic acids is 1. The zero-order valence-corrected chi connectivity index (χ0v) is 14.8. The van der Waals surface area contributed by atoms with E-state index in [-0.39, 0.29) is 29.0 Å². The van der Waals surface area contributed by atoms with E-state index < -0.39 is 9.84 Å². The van der Waals surface area contributed by atoms with E-state index in [1.54, 1.807) is 30.3 Å². The average Bonchev–Trinajstić information content (AvgIpc) is 2.59. The Balaban J connectivity index is 1.96. The first-order chi connectivity index (χ1) is 11.4. The third-order valence-electron chi connectivity index (χ3n) is 3.92. The molecule has 0 aromatic heterocycles. The standard InChI is InChI=1S/C19H23NO3S/c1-3-18(16-11-9-15(2)10-12-16)20-19(21)13-14-24(22,23)17-7-5-4-6-8-17/h4-12,18H,3,13-14H2,1-2H3,(H,20,21). The minimum atomic E-state index is -3.43. The fraction of sp³-hybridized carbons (Fsp3) is 0.316. The highest BCUT2D eigenvalue weighted by molar-refractivity contribution is 7.91. The van der Waals surface area contributed by atoms with Crippen LogP contribution in [0.5, 0.6) is 0 Å². The van der Waals surface area contributed by atoms with Gasteiger partial charge < -0.3 is 5.32 Å². The lowest BCUT2D eigenvalue weighted by molar-refractivity contribution is -0.121. The molecule has 0 spiro atoms. The number of nitrogens with one attached hydrogen (secondary N) is 1. The van der Waals surface area contributed by atoms with Crippen molar-refractivity contribution in [2.75, 3.05) is 5.75 Å². The molecule has 0 aliphatic heterocycles. The molecule has 0 radical (unpaired) electrons. The molecular weight excluding hydrogens is 322 g/mol.